The van der Waals surface area contributed by atoms with Gasteiger partial charge in [0.25, 0.3) is 0 Å². The molecule has 3 aromatic rings. The summed E-state index contributed by atoms with van der Waals surface area (Å²) in [6, 6.07) is 16.3. The maximum absolute atomic E-state index is 12.5. The Morgan fingerprint density at radius 1 is 1.21 bits per heavy atom. The minimum Gasteiger partial charge on any atom is -0.497 e. The number of hydrogen-bond acceptors (Lipinski definition) is 3. The fourth-order valence-corrected chi connectivity index (χ4v) is 4.30. The van der Waals surface area contributed by atoms with Crippen molar-refractivity contribution >= 4 is 16.8 Å². The molecule has 2 heterocycles. The van der Waals surface area contributed by atoms with Crippen molar-refractivity contribution in [3.05, 3.63) is 65.9 Å². The second kappa shape index (κ2) is 8.70. The average molecular weight is 392 g/mol. The maximum Gasteiger partial charge on any atom is 0.234 e. The van der Waals surface area contributed by atoms with Crippen molar-refractivity contribution < 1.29 is 9.53 Å². The predicted octanol–water partition coefficient (Wildman–Crippen LogP) is 4.23. The van der Waals surface area contributed by atoms with E-state index in [1.165, 1.54) is 10.9 Å². The largest absolute Gasteiger partial charge is 0.497 e. The summed E-state index contributed by atoms with van der Waals surface area (Å²) in [4.78, 5) is 18.1. The van der Waals surface area contributed by atoms with E-state index in [0.717, 1.165) is 42.8 Å². The molecule has 1 fully saturated rings. The summed E-state index contributed by atoms with van der Waals surface area (Å²) in [6.07, 6.45) is 4.26. The molecule has 1 amide bonds. The van der Waals surface area contributed by atoms with Crippen molar-refractivity contribution in [2.75, 3.05) is 26.7 Å². The molecule has 1 unspecified atom stereocenters. The highest BCUT2D eigenvalue weighted by molar-refractivity contribution is 5.85. The standard InChI is InChI=1S/C24H29N3O2/c1-17(18-6-4-3-5-7-18)26-24(28)16-27-12-10-19(11-13-27)22-15-25-23-9-8-20(29-2)14-21(22)23/h3-9,14-15,17,19,25H,10-13,16H2,1-2H3,(H,26,28). The Morgan fingerprint density at radius 2 is 1.97 bits per heavy atom. The van der Waals surface area contributed by atoms with E-state index >= 15 is 0 Å². The molecule has 0 radical (unpaired) electrons. The van der Waals surface area contributed by atoms with Gasteiger partial charge in [-0.3, -0.25) is 9.69 Å². The molecule has 0 spiro atoms. The third-order valence-electron chi connectivity index (χ3n) is 5.99. The van der Waals surface area contributed by atoms with Crippen LogP contribution < -0.4 is 10.1 Å². The van der Waals surface area contributed by atoms with Gasteiger partial charge in [0.1, 0.15) is 5.75 Å². The number of ether oxygens (including phenoxy) is 1. The van der Waals surface area contributed by atoms with Crippen molar-refractivity contribution in [1.29, 1.82) is 0 Å². The number of methoxy groups -OCH3 is 1. The average Bonchev–Trinajstić information content (AvgIpc) is 3.18. The highest BCUT2D eigenvalue weighted by Gasteiger charge is 2.24. The summed E-state index contributed by atoms with van der Waals surface area (Å²) in [5, 5.41) is 4.37. The van der Waals surface area contributed by atoms with Gasteiger partial charge in [-0.2, -0.15) is 0 Å². The SMILES string of the molecule is COc1ccc2[nH]cc(C3CCN(CC(=O)NC(C)c4ccccc4)CC3)c2c1. The topological polar surface area (TPSA) is 57.4 Å². The minimum atomic E-state index is 0.0300. The van der Waals surface area contributed by atoms with Gasteiger partial charge >= 0.3 is 0 Å². The van der Waals surface area contributed by atoms with Crippen LogP contribution in [0.1, 0.15) is 42.9 Å². The number of piperidine rings is 1. The number of amides is 1. The van der Waals surface area contributed by atoms with Gasteiger partial charge in [0.2, 0.25) is 5.91 Å². The Morgan fingerprint density at radius 3 is 2.69 bits per heavy atom. The van der Waals surface area contributed by atoms with E-state index < -0.39 is 0 Å². The summed E-state index contributed by atoms with van der Waals surface area (Å²) in [5.74, 6) is 1.50. The Balaban J connectivity index is 1.32. The van der Waals surface area contributed by atoms with E-state index in [-0.39, 0.29) is 11.9 Å². The number of aromatic amines is 1. The van der Waals surface area contributed by atoms with E-state index in [9.17, 15) is 4.79 Å². The van der Waals surface area contributed by atoms with E-state index in [2.05, 4.69) is 33.5 Å². The van der Waals surface area contributed by atoms with Crippen molar-refractivity contribution in [2.45, 2.75) is 31.7 Å². The molecule has 2 aromatic carbocycles. The number of carbonyl (C=O) groups is 1. The smallest absolute Gasteiger partial charge is 0.234 e. The second-order valence-electron chi connectivity index (χ2n) is 7.91. The van der Waals surface area contributed by atoms with Crippen LogP contribution in [-0.4, -0.2) is 42.5 Å². The van der Waals surface area contributed by atoms with Gasteiger partial charge in [0.15, 0.2) is 0 Å². The fraction of sp³-hybridized carbons (Fsp3) is 0.375. The summed E-state index contributed by atoms with van der Waals surface area (Å²) in [7, 11) is 1.70. The van der Waals surface area contributed by atoms with Gasteiger partial charge in [-0.15, -0.1) is 0 Å². The van der Waals surface area contributed by atoms with Crippen LogP contribution in [0.2, 0.25) is 0 Å². The number of rotatable bonds is 6. The summed E-state index contributed by atoms with van der Waals surface area (Å²) in [5.41, 5.74) is 3.65. The molecular formula is C24H29N3O2. The zero-order valence-corrected chi connectivity index (χ0v) is 17.2. The van der Waals surface area contributed by atoms with Crippen LogP contribution >= 0.6 is 0 Å². The molecule has 5 nitrogen and oxygen atoms in total. The molecule has 5 heteroatoms. The summed E-state index contributed by atoms with van der Waals surface area (Å²) >= 11 is 0. The van der Waals surface area contributed by atoms with Gasteiger partial charge in [-0.1, -0.05) is 30.3 Å². The first kappa shape index (κ1) is 19.5. The monoisotopic (exact) mass is 391 g/mol. The number of nitrogens with one attached hydrogen (secondary N) is 2. The quantitative estimate of drug-likeness (QED) is 0.661. The van der Waals surface area contributed by atoms with Gasteiger partial charge in [0, 0.05) is 17.1 Å². The first-order valence-electron chi connectivity index (χ1n) is 10.4. The molecule has 0 bridgehead atoms. The third-order valence-corrected chi connectivity index (χ3v) is 5.99. The zero-order valence-electron chi connectivity index (χ0n) is 17.2. The van der Waals surface area contributed by atoms with Gasteiger partial charge in [0.05, 0.1) is 19.7 Å². The number of hydrogen-bond donors (Lipinski definition) is 2. The normalized spacial score (nSPS) is 16.6. The van der Waals surface area contributed by atoms with Crippen LogP contribution in [0.15, 0.2) is 54.7 Å². The molecule has 0 saturated carbocycles. The van der Waals surface area contributed by atoms with Gasteiger partial charge in [-0.25, -0.2) is 0 Å². The lowest BCUT2D eigenvalue weighted by molar-refractivity contribution is -0.123. The molecule has 0 aliphatic carbocycles. The van der Waals surface area contributed by atoms with Gasteiger partial charge in [-0.05, 0) is 68.1 Å². The van der Waals surface area contributed by atoms with Crippen LogP contribution in [0.4, 0.5) is 0 Å². The number of likely N-dealkylation sites (tertiary alicyclic amines) is 1. The number of H-pyrrole nitrogens is 1. The predicted molar refractivity (Wildman–Crippen MR) is 116 cm³/mol. The first-order valence-corrected chi connectivity index (χ1v) is 10.4. The Labute approximate surface area is 172 Å². The number of aromatic nitrogens is 1. The molecule has 1 aliphatic rings. The molecule has 152 valence electrons. The van der Waals surface area contributed by atoms with E-state index in [0.29, 0.717) is 12.5 Å². The number of carbonyl (C=O) groups excluding carboxylic acids is 1. The van der Waals surface area contributed by atoms with Gasteiger partial charge < -0.3 is 15.0 Å². The van der Waals surface area contributed by atoms with Crippen LogP contribution in [0.25, 0.3) is 10.9 Å². The lowest BCUT2D eigenvalue weighted by atomic mass is 9.89. The van der Waals surface area contributed by atoms with Crippen LogP contribution in [0.3, 0.4) is 0 Å². The minimum absolute atomic E-state index is 0.0300. The first-order chi connectivity index (χ1) is 14.1. The molecule has 2 N–H and O–H groups in total. The Bertz CT molecular complexity index is 959. The summed E-state index contributed by atoms with van der Waals surface area (Å²) in [6.45, 7) is 4.37. The fourth-order valence-electron chi connectivity index (χ4n) is 4.30. The Kier molecular flexibility index (Phi) is 5.86. The van der Waals surface area contributed by atoms with Crippen LogP contribution in [0, 0.1) is 0 Å². The van der Waals surface area contributed by atoms with Crippen molar-refractivity contribution in [2.24, 2.45) is 0 Å². The van der Waals surface area contributed by atoms with Crippen LogP contribution in [-0.2, 0) is 4.79 Å². The second-order valence-corrected chi connectivity index (χ2v) is 7.91. The number of nitrogens with zero attached hydrogens (tertiary/aromatic N) is 1. The molecule has 1 atom stereocenters. The van der Waals surface area contributed by atoms with Crippen molar-refractivity contribution in [3.8, 4) is 5.75 Å². The molecule has 1 aromatic heterocycles. The van der Waals surface area contributed by atoms with Crippen LogP contribution in [0.5, 0.6) is 5.75 Å². The maximum atomic E-state index is 12.5. The molecule has 1 saturated heterocycles. The molecule has 29 heavy (non-hydrogen) atoms. The van der Waals surface area contributed by atoms with E-state index in [1.807, 2.05) is 43.3 Å². The van der Waals surface area contributed by atoms with E-state index in [4.69, 9.17) is 4.74 Å². The lowest BCUT2D eigenvalue weighted by Gasteiger charge is -2.31. The highest BCUT2D eigenvalue weighted by Crippen LogP contribution is 2.34. The van der Waals surface area contributed by atoms with E-state index in [1.54, 1.807) is 7.11 Å². The lowest BCUT2D eigenvalue weighted by Crippen LogP contribution is -2.41. The zero-order chi connectivity index (χ0) is 20.2. The highest BCUT2D eigenvalue weighted by atomic mass is 16.5. The third kappa shape index (κ3) is 4.46. The molecule has 4 rings (SSSR count). The number of benzene rings is 2. The molecular weight excluding hydrogens is 362 g/mol. The summed E-state index contributed by atoms with van der Waals surface area (Å²) < 4.78 is 5.39. The van der Waals surface area contributed by atoms with Crippen molar-refractivity contribution in [1.82, 2.24) is 15.2 Å². The van der Waals surface area contributed by atoms with Crippen molar-refractivity contribution in [3.63, 3.8) is 0 Å². The molecule has 1 aliphatic heterocycles. The number of fused-ring (bicyclic) bond motifs is 1. The Hall–Kier alpha value is -2.79.